The van der Waals surface area contributed by atoms with E-state index in [4.69, 9.17) is 34.8 Å². The molecule has 2 heterocycles. The highest BCUT2D eigenvalue weighted by Crippen LogP contribution is 2.30. The molecular formula is C14H10Cl3FN2S. The second-order valence-corrected chi connectivity index (χ2v) is 7.49. The van der Waals surface area contributed by atoms with Gasteiger partial charge < -0.3 is 4.57 Å². The Balaban J connectivity index is 2.17. The first kappa shape index (κ1) is 15.1. The highest BCUT2D eigenvalue weighted by Gasteiger charge is 2.17. The highest BCUT2D eigenvalue weighted by molar-refractivity contribution is 7.16. The molecule has 0 bridgehead atoms. The van der Waals surface area contributed by atoms with E-state index in [1.807, 2.05) is 23.6 Å². The molecule has 0 fully saturated rings. The number of hydrogen-bond acceptors (Lipinski definition) is 2. The van der Waals surface area contributed by atoms with Gasteiger partial charge in [-0.05, 0) is 25.1 Å². The SMILES string of the molecule is CC(Cl)c1nc2cc(F)c(Cl)cc2n1Cc1ccc(Cl)s1. The van der Waals surface area contributed by atoms with Gasteiger partial charge in [0.15, 0.2) is 0 Å². The molecule has 0 amide bonds. The third kappa shape index (κ3) is 2.90. The molecule has 7 heteroatoms. The zero-order valence-electron chi connectivity index (χ0n) is 10.9. The Morgan fingerprint density at radius 2 is 2.10 bits per heavy atom. The number of imidazole rings is 1. The first-order valence-electron chi connectivity index (χ1n) is 6.19. The number of fused-ring (bicyclic) bond motifs is 1. The summed E-state index contributed by atoms with van der Waals surface area (Å²) in [5.74, 6) is 0.194. The molecule has 0 N–H and O–H groups in total. The van der Waals surface area contributed by atoms with E-state index in [9.17, 15) is 4.39 Å². The van der Waals surface area contributed by atoms with Gasteiger partial charge in [0.2, 0.25) is 0 Å². The Labute approximate surface area is 140 Å². The fraction of sp³-hybridized carbons (Fsp3) is 0.214. The fourth-order valence-corrected chi connectivity index (χ4v) is 3.60. The van der Waals surface area contributed by atoms with E-state index < -0.39 is 5.82 Å². The van der Waals surface area contributed by atoms with Crippen molar-refractivity contribution in [2.75, 3.05) is 0 Å². The molecule has 0 saturated heterocycles. The standard InChI is InChI=1S/C14H10Cl3FN2S/c1-7(15)14-19-11-5-10(18)9(16)4-12(11)20(14)6-8-2-3-13(17)21-8/h2-5,7H,6H2,1H3. The van der Waals surface area contributed by atoms with Crippen LogP contribution in [-0.4, -0.2) is 9.55 Å². The van der Waals surface area contributed by atoms with Crippen LogP contribution in [0.2, 0.25) is 9.36 Å². The Hall–Kier alpha value is -0.810. The molecule has 1 atom stereocenters. The minimum absolute atomic E-state index is 0.0710. The molecule has 3 rings (SSSR count). The van der Waals surface area contributed by atoms with E-state index in [1.165, 1.54) is 17.4 Å². The summed E-state index contributed by atoms with van der Waals surface area (Å²) in [6.45, 7) is 2.40. The lowest BCUT2D eigenvalue weighted by Gasteiger charge is -2.09. The highest BCUT2D eigenvalue weighted by atomic mass is 35.5. The number of thiophene rings is 1. The molecule has 0 radical (unpaired) electrons. The van der Waals surface area contributed by atoms with Gasteiger partial charge in [0.1, 0.15) is 11.6 Å². The fourth-order valence-electron chi connectivity index (χ4n) is 2.20. The van der Waals surface area contributed by atoms with Crippen molar-refractivity contribution in [2.45, 2.75) is 18.8 Å². The largest absolute Gasteiger partial charge is 0.321 e. The van der Waals surface area contributed by atoms with Gasteiger partial charge in [-0.1, -0.05) is 23.2 Å². The molecular weight excluding hydrogens is 354 g/mol. The zero-order valence-corrected chi connectivity index (χ0v) is 14.0. The Kier molecular flexibility index (Phi) is 4.14. The minimum atomic E-state index is -0.484. The smallest absolute Gasteiger partial charge is 0.144 e. The lowest BCUT2D eigenvalue weighted by Crippen LogP contribution is -2.04. The van der Waals surface area contributed by atoms with Crippen molar-refractivity contribution in [3.8, 4) is 0 Å². The average molecular weight is 364 g/mol. The lowest BCUT2D eigenvalue weighted by atomic mass is 10.3. The van der Waals surface area contributed by atoms with Gasteiger partial charge in [-0.15, -0.1) is 22.9 Å². The normalized spacial score (nSPS) is 13.0. The van der Waals surface area contributed by atoms with E-state index >= 15 is 0 Å². The molecule has 0 aliphatic heterocycles. The van der Waals surface area contributed by atoms with Gasteiger partial charge in [-0.2, -0.15) is 0 Å². The van der Waals surface area contributed by atoms with Crippen molar-refractivity contribution in [3.63, 3.8) is 0 Å². The Bertz CT molecular complexity index is 810. The minimum Gasteiger partial charge on any atom is -0.321 e. The Morgan fingerprint density at radius 3 is 2.71 bits per heavy atom. The molecule has 0 spiro atoms. The van der Waals surface area contributed by atoms with Crippen molar-refractivity contribution < 1.29 is 4.39 Å². The lowest BCUT2D eigenvalue weighted by molar-refractivity contribution is 0.629. The van der Waals surface area contributed by atoms with Gasteiger partial charge in [-0.3, -0.25) is 0 Å². The number of halogens is 4. The van der Waals surface area contributed by atoms with Crippen molar-refractivity contribution >= 4 is 57.2 Å². The summed E-state index contributed by atoms with van der Waals surface area (Å²) < 4.78 is 16.3. The average Bonchev–Trinajstić information content (AvgIpc) is 2.96. The second-order valence-electron chi connectivity index (χ2n) is 4.63. The van der Waals surface area contributed by atoms with Crippen LogP contribution in [0.15, 0.2) is 24.3 Å². The third-order valence-electron chi connectivity index (χ3n) is 3.12. The number of aromatic nitrogens is 2. The number of alkyl halides is 1. The maximum Gasteiger partial charge on any atom is 0.144 e. The maximum atomic E-state index is 13.6. The first-order chi connectivity index (χ1) is 9.95. The summed E-state index contributed by atoms with van der Waals surface area (Å²) in [6.07, 6.45) is 0. The molecule has 0 aliphatic rings. The van der Waals surface area contributed by atoms with Crippen molar-refractivity contribution in [1.29, 1.82) is 0 Å². The van der Waals surface area contributed by atoms with Gasteiger partial charge in [-0.25, -0.2) is 9.37 Å². The number of rotatable bonds is 3. The predicted molar refractivity (Wildman–Crippen MR) is 87.4 cm³/mol. The van der Waals surface area contributed by atoms with Crippen LogP contribution in [-0.2, 0) is 6.54 Å². The monoisotopic (exact) mass is 362 g/mol. The summed E-state index contributed by atoms with van der Waals surface area (Å²) in [5.41, 5.74) is 1.30. The summed E-state index contributed by atoms with van der Waals surface area (Å²) in [7, 11) is 0. The van der Waals surface area contributed by atoms with Crippen LogP contribution in [0.3, 0.4) is 0 Å². The van der Waals surface area contributed by atoms with E-state index in [0.29, 0.717) is 17.9 Å². The predicted octanol–water partition coefficient (Wildman–Crippen LogP) is 5.89. The number of nitrogens with zero attached hydrogens (tertiary/aromatic N) is 2. The van der Waals surface area contributed by atoms with Crippen LogP contribution < -0.4 is 0 Å². The van der Waals surface area contributed by atoms with E-state index in [-0.39, 0.29) is 10.4 Å². The summed E-state index contributed by atoms with van der Waals surface area (Å²) in [4.78, 5) is 5.49. The molecule has 3 aromatic rings. The number of benzene rings is 1. The van der Waals surface area contributed by atoms with Gasteiger partial charge >= 0.3 is 0 Å². The summed E-state index contributed by atoms with van der Waals surface area (Å²) in [6, 6.07) is 6.71. The first-order valence-corrected chi connectivity index (χ1v) is 8.20. The van der Waals surface area contributed by atoms with Crippen LogP contribution in [0.5, 0.6) is 0 Å². The van der Waals surface area contributed by atoms with Crippen LogP contribution in [0, 0.1) is 5.82 Å². The van der Waals surface area contributed by atoms with Crippen LogP contribution >= 0.6 is 46.1 Å². The van der Waals surface area contributed by atoms with Gasteiger partial charge in [0, 0.05) is 10.9 Å². The van der Waals surface area contributed by atoms with E-state index in [2.05, 4.69) is 4.98 Å². The maximum absolute atomic E-state index is 13.6. The molecule has 2 nitrogen and oxygen atoms in total. The number of hydrogen-bond donors (Lipinski definition) is 0. The molecule has 0 saturated carbocycles. The van der Waals surface area contributed by atoms with Crippen molar-refractivity contribution in [1.82, 2.24) is 9.55 Å². The molecule has 2 aromatic heterocycles. The molecule has 1 aromatic carbocycles. The summed E-state index contributed by atoms with van der Waals surface area (Å²) >= 11 is 19.5. The van der Waals surface area contributed by atoms with Crippen molar-refractivity contribution in [3.05, 3.63) is 50.1 Å². The van der Waals surface area contributed by atoms with E-state index in [0.717, 1.165) is 14.7 Å². The molecule has 110 valence electrons. The molecule has 0 aliphatic carbocycles. The van der Waals surface area contributed by atoms with Crippen LogP contribution in [0.1, 0.15) is 23.0 Å². The summed E-state index contributed by atoms with van der Waals surface area (Å²) in [5, 5.41) is -0.226. The topological polar surface area (TPSA) is 17.8 Å². The Morgan fingerprint density at radius 1 is 1.33 bits per heavy atom. The van der Waals surface area contributed by atoms with Crippen LogP contribution in [0.4, 0.5) is 4.39 Å². The van der Waals surface area contributed by atoms with Gasteiger partial charge in [0.05, 0.1) is 32.3 Å². The molecule has 21 heavy (non-hydrogen) atoms. The molecule has 1 unspecified atom stereocenters. The third-order valence-corrected chi connectivity index (χ3v) is 4.82. The quantitative estimate of drug-likeness (QED) is 0.530. The van der Waals surface area contributed by atoms with E-state index in [1.54, 1.807) is 6.07 Å². The van der Waals surface area contributed by atoms with Gasteiger partial charge in [0.25, 0.3) is 0 Å². The van der Waals surface area contributed by atoms with Crippen molar-refractivity contribution in [2.24, 2.45) is 0 Å². The van der Waals surface area contributed by atoms with Crippen LogP contribution in [0.25, 0.3) is 11.0 Å². The zero-order chi connectivity index (χ0) is 15.1. The second kappa shape index (κ2) is 5.76.